The molecule has 0 fully saturated rings. The second-order valence-corrected chi connectivity index (χ2v) is 4.78. The van der Waals surface area contributed by atoms with Gasteiger partial charge in [0, 0.05) is 6.54 Å². The summed E-state index contributed by atoms with van der Waals surface area (Å²) in [6, 6.07) is 14.0. The van der Waals surface area contributed by atoms with Crippen LogP contribution in [0.1, 0.15) is 24.2 Å². The molecule has 0 aliphatic carbocycles. The van der Waals surface area contributed by atoms with Gasteiger partial charge in [-0.2, -0.15) is 0 Å². The molecular formula is C17H20FNO2. The molecular weight excluding hydrogens is 269 g/mol. The highest BCUT2D eigenvalue weighted by Gasteiger charge is 2.10. The van der Waals surface area contributed by atoms with E-state index in [-0.39, 0.29) is 12.4 Å². The fraction of sp³-hybridized carbons (Fsp3) is 0.294. The summed E-state index contributed by atoms with van der Waals surface area (Å²) in [6.07, 6.45) is -0.771. The van der Waals surface area contributed by atoms with E-state index in [1.165, 1.54) is 6.07 Å². The minimum absolute atomic E-state index is 0.0213. The number of hydrogen-bond acceptors (Lipinski definition) is 3. The van der Waals surface area contributed by atoms with Crippen molar-refractivity contribution in [3.05, 3.63) is 65.5 Å². The molecule has 4 heteroatoms. The monoisotopic (exact) mass is 289 g/mol. The van der Waals surface area contributed by atoms with E-state index in [0.29, 0.717) is 6.54 Å². The van der Waals surface area contributed by atoms with Gasteiger partial charge < -0.3 is 15.2 Å². The highest BCUT2D eigenvalue weighted by atomic mass is 19.1. The standard InChI is InChI=1S/C17H20FNO2/c1-2-19-11-13-8-9-17(15(18)10-13)21-12-16(20)14-6-4-3-5-7-14/h3-10,16,19-20H,2,11-12H2,1H3. The van der Waals surface area contributed by atoms with Gasteiger partial charge in [-0.05, 0) is 29.8 Å². The Hall–Kier alpha value is -1.91. The first-order valence-electron chi connectivity index (χ1n) is 7.05. The van der Waals surface area contributed by atoms with Crippen LogP contribution in [0.5, 0.6) is 5.75 Å². The number of benzene rings is 2. The molecule has 0 radical (unpaired) electrons. The lowest BCUT2D eigenvalue weighted by Gasteiger charge is -2.13. The first kappa shape index (κ1) is 15.5. The molecule has 1 atom stereocenters. The Balaban J connectivity index is 1.94. The smallest absolute Gasteiger partial charge is 0.165 e. The topological polar surface area (TPSA) is 41.5 Å². The molecule has 0 spiro atoms. The van der Waals surface area contributed by atoms with E-state index >= 15 is 0 Å². The van der Waals surface area contributed by atoms with E-state index in [1.54, 1.807) is 6.07 Å². The Bertz CT molecular complexity index is 560. The Morgan fingerprint density at radius 3 is 2.62 bits per heavy atom. The Morgan fingerprint density at radius 1 is 1.19 bits per heavy atom. The van der Waals surface area contributed by atoms with Gasteiger partial charge in [0.25, 0.3) is 0 Å². The minimum atomic E-state index is -0.771. The van der Waals surface area contributed by atoms with Gasteiger partial charge in [0.2, 0.25) is 0 Å². The largest absolute Gasteiger partial charge is 0.487 e. The lowest BCUT2D eigenvalue weighted by atomic mass is 10.1. The van der Waals surface area contributed by atoms with Crippen LogP contribution in [0.2, 0.25) is 0 Å². The molecule has 0 amide bonds. The number of rotatable bonds is 7. The zero-order valence-electron chi connectivity index (χ0n) is 12.1. The number of aliphatic hydroxyl groups excluding tert-OH is 1. The van der Waals surface area contributed by atoms with Crippen molar-refractivity contribution in [1.29, 1.82) is 0 Å². The normalized spacial score (nSPS) is 12.1. The second-order valence-electron chi connectivity index (χ2n) is 4.78. The van der Waals surface area contributed by atoms with Crippen LogP contribution < -0.4 is 10.1 Å². The highest BCUT2D eigenvalue weighted by molar-refractivity contribution is 5.29. The van der Waals surface area contributed by atoms with E-state index in [2.05, 4.69) is 5.32 Å². The molecule has 0 aliphatic rings. The summed E-state index contributed by atoms with van der Waals surface area (Å²) < 4.78 is 19.3. The molecule has 0 aliphatic heterocycles. The molecule has 2 aromatic carbocycles. The zero-order chi connectivity index (χ0) is 15.1. The fourth-order valence-electron chi connectivity index (χ4n) is 1.98. The van der Waals surface area contributed by atoms with Crippen molar-refractivity contribution in [1.82, 2.24) is 5.32 Å². The molecule has 2 N–H and O–H groups in total. The van der Waals surface area contributed by atoms with Gasteiger partial charge in [0.15, 0.2) is 11.6 Å². The Kier molecular flexibility index (Phi) is 5.72. The lowest BCUT2D eigenvalue weighted by molar-refractivity contribution is 0.106. The van der Waals surface area contributed by atoms with Crippen molar-refractivity contribution < 1.29 is 14.2 Å². The van der Waals surface area contributed by atoms with Crippen LogP contribution in [0.4, 0.5) is 4.39 Å². The highest BCUT2D eigenvalue weighted by Crippen LogP contribution is 2.20. The molecule has 0 aromatic heterocycles. The Morgan fingerprint density at radius 2 is 1.95 bits per heavy atom. The number of halogens is 1. The van der Waals surface area contributed by atoms with Gasteiger partial charge in [-0.3, -0.25) is 0 Å². The molecule has 0 heterocycles. The van der Waals surface area contributed by atoms with Crippen LogP contribution in [-0.2, 0) is 6.54 Å². The molecule has 3 nitrogen and oxygen atoms in total. The summed E-state index contributed by atoms with van der Waals surface area (Å²) >= 11 is 0. The van der Waals surface area contributed by atoms with E-state index < -0.39 is 11.9 Å². The summed E-state index contributed by atoms with van der Waals surface area (Å²) in [6.45, 7) is 3.48. The van der Waals surface area contributed by atoms with Crippen LogP contribution >= 0.6 is 0 Å². The SMILES string of the molecule is CCNCc1ccc(OCC(O)c2ccccc2)c(F)c1. The number of ether oxygens (including phenoxy) is 1. The number of hydrogen-bond donors (Lipinski definition) is 2. The third-order valence-corrected chi connectivity index (χ3v) is 3.16. The molecule has 0 bridgehead atoms. The maximum Gasteiger partial charge on any atom is 0.165 e. The Labute approximate surface area is 124 Å². The molecule has 2 aromatic rings. The van der Waals surface area contributed by atoms with Crippen molar-refractivity contribution in [2.75, 3.05) is 13.2 Å². The van der Waals surface area contributed by atoms with Gasteiger partial charge in [0.05, 0.1) is 0 Å². The second kappa shape index (κ2) is 7.76. The first-order chi connectivity index (χ1) is 10.2. The summed E-state index contributed by atoms with van der Waals surface area (Å²) in [5, 5.41) is 13.1. The first-order valence-corrected chi connectivity index (χ1v) is 7.05. The van der Waals surface area contributed by atoms with Crippen LogP contribution in [0, 0.1) is 5.82 Å². The van der Waals surface area contributed by atoms with E-state index in [9.17, 15) is 9.50 Å². The summed E-state index contributed by atoms with van der Waals surface area (Å²) in [5.41, 5.74) is 1.62. The van der Waals surface area contributed by atoms with Crippen LogP contribution in [0.15, 0.2) is 48.5 Å². The number of aliphatic hydroxyl groups is 1. The van der Waals surface area contributed by atoms with Gasteiger partial charge in [-0.1, -0.05) is 43.3 Å². The molecule has 0 saturated heterocycles. The predicted octanol–water partition coefficient (Wildman–Crippen LogP) is 3.05. The van der Waals surface area contributed by atoms with Gasteiger partial charge >= 0.3 is 0 Å². The maximum atomic E-state index is 13.9. The van der Waals surface area contributed by atoms with Crippen molar-refractivity contribution in [3.8, 4) is 5.75 Å². The van der Waals surface area contributed by atoms with Gasteiger partial charge in [-0.15, -0.1) is 0 Å². The van der Waals surface area contributed by atoms with Crippen LogP contribution in [0.3, 0.4) is 0 Å². The average Bonchev–Trinajstić information content (AvgIpc) is 2.52. The lowest BCUT2D eigenvalue weighted by Crippen LogP contribution is -2.12. The van der Waals surface area contributed by atoms with Gasteiger partial charge in [-0.25, -0.2) is 4.39 Å². The molecule has 0 saturated carbocycles. The third kappa shape index (κ3) is 4.55. The maximum absolute atomic E-state index is 13.9. The molecule has 1 unspecified atom stereocenters. The van der Waals surface area contributed by atoms with Crippen molar-refractivity contribution in [3.63, 3.8) is 0 Å². The van der Waals surface area contributed by atoms with E-state index in [1.807, 2.05) is 43.3 Å². The summed E-state index contributed by atoms with van der Waals surface area (Å²) in [5.74, 6) is -0.254. The zero-order valence-corrected chi connectivity index (χ0v) is 12.1. The predicted molar refractivity (Wildman–Crippen MR) is 80.7 cm³/mol. The fourth-order valence-corrected chi connectivity index (χ4v) is 1.98. The molecule has 112 valence electrons. The van der Waals surface area contributed by atoms with Crippen molar-refractivity contribution in [2.24, 2.45) is 0 Å². The minimum Gasteiger partial charge on any atom is -0.487 e. The number of nitrogens with one attached hydrogen (secondary N) is 1. The quantitative estimate of drug-likeness (QED) is 0.823. The van der Waals surface area contributed by atoms with Gasteiger partial charge in [0.1, 0.15) is 12.7 Å². The average molecular weight is 289 g/mol. The third-order valence-electron chi connectivity index (χ3n) is 3.16. The summed E-state index contributed by atoms with van der Waals surface area (Å²) in [4.78, 5) is 0. The molecule has 21 heavy (non-hydrogen) atoms. The van der Waals surface area contributed by atoms with Crippen LogP contribution in [0.25, 0.3) is 0 Å². The van der Waals surface area contributed by atoms with Crippen molar-refractivity contribution >= 4 is 0 Å². The van der Waals surface area contributed by atoms with E-state index in [4.69, 9.17) is 4.74 Å². The van der Waals surface area contributed by atoms with Crippen LogP contribution in [-0.4, -0.2) is 18.3 Å². The molecule has 2 rings (SSSR count). The van der Waals surface area contributed by atoms with Crippen molar-refractivity contribution in [2.45, 2.75) is 19.6 Å². The summed E-state index contributed by atoms with van der Waals surface area (Å²) in [7, 11) is 0. The van der Waals surface area contributed by atoms with E-state index in [0.717, 1.165) is 17.7 Å².